The quantitative estimate of drug-likeness (QED) is 0.940. The molecule has 0 aliphatic carbocycles. The van der Waals surface area contributed by atoms with Gasteiger partial charge in [-0.15, -0.1) is 0 Å². The summed E-state index contributed by atoms with van der Waals surface area (Å²) in [5, 5.41) is 21.0. The van der Waals surface area contributed by atoms with E-state index in [9.17, 15) is 4.39 Å². The maximum absolute atomic E-state index is 14.2. The summed E-state index contributed by atoms with van der Waals surface area (Å²) < 4.78 is 14.2. The van der Waals surface area contributed by atoms with Gasteiger partial charge in [0, 0.05) is 25.3 Å². The van der Waals surface area contributed by atoms with Crippen molar-refractivity contribution in [2.45, 2.75) is 18.9 Å². The highest BCUT2D eigenvalue weighted by Gasteiger charge is 2.22. The highest BCUT2D eigenvalue weighted by molar-refractivity contribution is 5.52. The third-order valence-corrected chi connectivity index (χ3v) is 4.08. The van der Waals surface area contributed by atoms with Crippen molar-refractivity contribution < 1.29 is 4.39 Å². The first-order valence-electron chi connectivity index (χ1n) is 7.77. The van der Waals surface area contributed by atoms with Crippen LogP contribution in [0.5, 0.6) is 0 Å². The van der Waals surface area contributed by atoms with Crippen LogP contribution in [-0.4, -0.2) is 24.1 Å². The number of benzene rings is 1. The van der Waals surface area contributed by atoms with Gasteiger partial charge < -0.3 is 10.2 Å². The number of pyridine rings is 1. The van der Waals surface area contributed by atoms with Crippen LogP contribution in [0.15, 0.2) is 36.5 Å². The molecule has 1 saturated heterocycles. The molecule has 1 aromatic heterocycles. The highest BCUT2D eigenvalue weighted by atomic mass is 19.1. The smallest absolute Gasteiger partial charge is 0.147 e. The molecule has 1 atom stereocenters. The maximum Gasteiger partial charge on any atom is 0.147 e. The molecule has 1 N–H and O–H groups in total. The SMILES string of the molecule is N#Cc1ccc(NC2CCCN(c3ccc(C#N)cc3F)C2)nc1. The number of hydrogen-bond acceptors (Lipinski definition) is 5. The minimum Gasteiger partial charge on any atom is -0.367 e. The van der Waals surface area contributed by atoms with E-state index in [0.717, 1.165) is 19.4 Å². The van der Waals surface area contributed by atoms with Crippen molar-refractivity contribution in [1.82, 2.24) is 4.98 Å². The van der Waals surface area contributed by atoms with E-state index in [-0.39, 0.29) is 11.9 Å². The molecule has 120 valence electrons. The van der Waals surface area contributed by atoms with Crippen LogP contribution in [0.25, 0.3) is 0 Å². The minimum atomic E-state index is -0.369. The Morgan fingerprint density at radius 2 is 1.96 bits per heavy atom. The summed E-state index contributed by atoms with van der Waals surface area (Å²) in [7, 11) is 0. The van der Waals surface area contributed by atoms with Crippen LogP contribution < -0.4 is 10.2 Å². The van der Waals surface area contributed by atoms with Crippen LogP contribution in [0.1, 0.15) is 24.0 Å². The number of rotatable bonds is 3. The van der Waals surface area contributed by atoms with E-state index in [1.165, 1.54) is 12.3 Å². The molecule has 0 spiro atoms. The Kier molecular flexibility index (Phi) is 4.58. The lowest BCUT2D eigenvalue weighted by Crippen LogP contribution is -2.42. The van der Waals surface area contributed by atoms with Crippen molar-refractivity contribution in [3.8, 4) is 12.1 Å². The standard InChI is InChI=1S/C18H16FN5/c19-16-8-13(9-20)3-5-17(16)24-7-1-2-15(12-24)23-18-6-4-14(10-21)11-22-18/h3-6,8,11,15H,1-2,7,12H2,(H,22,23). The average molecular weight is 321 g/mol. The molecule has 0 amide bonds. The summed E-state index contributed by atoms with van der Waals surface area (Å²) in [5.41, 5.74) is 1.36. The Hall–Kier alpha value is -3.12. The molecule has 6 heteroatoms. The van der Waals surface area contributed by atoms with Crippen molar-refractivity contribution in [3.63, 3.8) is 0 Å². The van der Waals surface area contributed by atoms with E-state index in [1.54, 1.807) is 24.3 Å². The largest absolute Gasteiger partial charge is 0.367 e. The molecule has 2 heterocycles. The van der Waals surface area contributed by atoms with Crippen LogP contribution in [-0.2, 0) is 0 Å². The van der Waals surface area contributed by atoms with Crippen LogP contribution in [0.2, 0.25) is 0 Å². The Labute approximate surface area is 140 Å². The lowest BCUT2D eigenvalue weighted by molar-refractivity contribution is 0.518. The molecule has 0 radical (unpaired) electrons. The molecule has 5 nitrogen and oxygen atoms in total. The summed E-state index contributed by atoms with van der Waals surface area (Å²) in [6, 6.07) is 12.2. The molecule has 2 aromatic rings. The van der Waals surface area contributed by atoms with Gasteiger partial charge in [0.05, 0.1) is 22.9 Å². The highest BCUT2D eigenvalue weighted by Crippen LogP contribution is 2.25. The first kappa shape index (κ1) is 15.8. The molecule has 1 unspecified atom stereocenters. The molecule has 1 aliphatic heterocycles. The van der Waals surface area contributed by atoms with Crippen molar-refractivity contribution in [2.75, 3.05) is 23.3 Å². The van der Waals surface area contributed by atoms with Crippen LogP contribution in [0, 0.1) is 28.5 Å². The fourth-order valence-electron chi connectivity index (χ4n) is 2.90. The van der Waals surface area contributed by atoms with Crippen LogP contribution >= 0.6 is 0 Å². The monoisotopic (exact) mass is 321 g/mol. The van der Waals surface area contributed by atoms with E-state index in [0.29, 0.717) is 29.2 Å². The van der Waals surface area contributed by atoms with Crippen LogP contribution in [0.3, 0.4) is 0 Å². The van der Waals surface area contributed by atoms with Crippen LogP contribution in [0.4, 0.5) is 15.9 Å². The first-order chi connectivity index (χ1) is 11.7. The molecular weight excluding hydrogens is 305 g/mol. The molecule has 0 bridgehead atoms. The van der Waals surface area contributed by atoms with E-state index >= 15 is 0 Å². The van der Waals surface area contributed by atoms with E-state index in [1.807, 2.05) is 17.0 Å². The molecule has 0 saturated carbocycles. The molecule has 1 fully saturated rings. The third kappa shape index (κ3) is 3.44. The number of nitriles is 2. The molecule has 1 aliphatic rings. The Morgan fingerprint density at radius 1 is 1.17 bits per heavy atom. The van der Waals surface area contributed by atoms with Crippen molar-refractivity contribution in [2.24, 2.45) is 0 Å². The second kappa shape index (κ2) is 6.97. The van der Waals surface area contributed by atoms with Gasteiger partial charge in [0.25, 0.3) is 0 Å². The van der Waals surface area contributed by atoms with Gasteiger partial charge in [-0.2, -0.15) is 10.5 Å². The zero-order chi connectivity index (χ0) is 16.9. The number of aromatic nitrogens is 1. The van der Waals surface area contributed by atoms with Gasteiger partial charge in [0.1, 0.15) is 17.7 Å². The first-order valence-corrected chi connectivity index (χ1v) is 7.77. The lowest BCUT2D eigenvalue weighted by Gasteiger charge is -2.35. The van der Waals surface area contributed by atoms with Crippen molar-refractivity contribution in [1.29, 1.82) is 10.5 Å². The van der Waals surface area contributed by atoms with Crippen molar-refractivity contribution in [3.05, 3.63) is 53.5 Å². The summed E-state index contributed by atoms with van der Waals surface area (Å²) in [6.45, 7) is 1.44. The molecular formula is C18H16FN5. The van der Waals surface area contributed by atoms with Gasteiger partial charge in [-0.1, -0.05) is 0 Å². The van der Waals surface area contributed by atoms with Gasteiger partial charge in [0.15, 0.2) is 0 Å². The number of anilines is 2. The predicted molar refractivity (Wildman–Crippen MR) is 88.9 cm³/mol. The van der Waals surface area contributed by atoms with Crippen molar-refractivity contribution >= 4 is 11.5 Å². The average Bonchev–Trinajstić information content (AvgIpc) is 2.62. The Balaban J connectivity index is 1.70. The Morgan fingerprint density at radius 3 is 2.62 bits per heavy atom. The predicted octanol–water partition coefficient (Wildman–Crippen LogP) is 3.04. The van der Waals surface area contributed by atoms with E-state index in [2.05, 4.69) is 10.3 Å². The summed E-state index contributed by atoms with van der Waals surface area (Å²) in [5.74, 6) is 0.340. The number of halogens is 1. The third-order valence-electron chi connectivity index (χ3n) is 4.08. The van der Waals surface area contributed by atoms with Gasteiger partial charge in [-0.05, 0) is 43.2 Å². The second-order valence-electron chi connectivity index (χ2n) is 5.75. The zero-order valence-corrected chi connectivity index (χ0v) is 13.0. The second-order valence-corrected chi connectivity index (χ2v) is 5.75. The zero-order valence-electron chi connectivity index (χ0n) is 13.0. The number of hydrogen-bond donors (Lipinski definition) is 1. The molecule has 24 heavy (non-hydrogen) atoms. The minimum absolute atomic E-state index is 0.147. The fourth-order valence-corrected chi connectivity index (χ4v) is 2.90. The van der Waals surface area contributed by atoms with Gasteiger partial charge in [0.2, 0.25) is 0 Å². The lowest BCUT2D eigenvalue weighted by atomic mass is 10.0. The normalized spacial score (nSPS) is 17.0. The number of piperidine rings is 1. The van der Waals surface area contributed by atoms with Gasteiger partial charge >= 0.3 is 0 Å². The maximum atomic E-state index is 14.2. The molecule has 3 rings (SSSR count). The summed E-state index contributed by atoms with van der Waals surface area (Å²) in [6.07, 6.45) is 3.44. The summed E-state index contributed by atoms with van der Waals surface area (Å²) >= 11 is 0. The molecule has 1 aromatic carbocycles. The fraction of sp³-hybridized carbons (Fsp3) is 0.278. The van der Waals surface area contributed by atoms with Gasteiger partial charge in [-0.3, -0.25) is 0 Å². The Bertz CT molecular complexity index is 804. The number of nitrogens with one attached hydrogen (secondary N) is 1. The number of nitrogens with zero attached hydrogens (tertiary/aromatic N) is 4. The topological polar surface area (TPSA) is 75.7 Å². The van der Waals surface area contributed by atoms with E-state index in [4.69, 9.17) is 10.5 Å². The summed E-state index contributed by atoms with van der Waals surface area (Å²) in [4.78, 5) is 6.21. The van der Waals surface area contributed by atoms with E-state index < -0.39 is 0 Å². The van der Waals surface area contributed by atoms with Gasteiger partial charge in [-0.25, -0.2) is 9.37 Å².